The van der Waals surface area contributed by atoms with E-state index in [9.17, 15) is 0 Å². The Hall–Kier alpha value is -0.0400. The number of hydrogen-bond donors (Lipinski definition) is 1. The first-order valence-corrected chi connectivity index (χ1v) is 7.55. The summed E-state index contributed by atoms with van der Waals surface area (Å²) in [5.41, 5.74) is 0. The molecule has 1 N–H and O–H groups in total. The maximum Gasteiger partial charge on any atom is -0.00205 e. The molecule has 16 heavy (non-hydrogen) atoms. The van der Waals surface area contributed by atoms with Crippen molar-refractivity contribution in [3.63, 3.8) is 0 Å². The molecular weight excluding hydrogens is 194 g/mol. The van der Waals surface area contributed by atoms with Crippen LogP contribution < -0.4 is 5.32 Å². The van der Waals surface area contributed by atoms with Gasteiger partial charge in [0.15, 0.2) is 0 Å². The molecule has 1 aliphatic rings. The molecular formula is C15H33N. The van der Waals surface area contributed by atoms with Crippen molar-refractivity contribution in [2.24, 2.45) is 5.92 Å². The topological polar surface area (TPSA) is 12.0 Å². The van der Waals surface area contributed by atoms with Gasteiger partial charge >= 0.3 is 0 Å². The maximum absolute atomic E-state index is 3.59. The van der Waals surface area contributed by atoms with E-state index in [1.807, 2.05) is 0 Å². The first kappa shape index (κ1) is 16.0. The Morgan fingerprint density at radius 3 is 2.12 bits per heavy atom. The van der Waals surface area contributed by atoms with Crippen LogP contribution in [0.2, 0.25) is 0 Å². The summed E-state index contributed by atoms with van der Waals surface area (Å²) in [4.78, 5) is 0. The fourth-order valence-electron chi connectivity index (χ4n) is 2.20. The molecule has 0 radical (unpaired) electrons. The predicted molar refractivity (Wildman–Crippen MR) is 74.9 cm³/mol. The highest BCUT2D eigenvalue weighted by Crippen LogP contribution is 2.22. The van der Waals surface area contributed by atoms with E-state index < -0.39 is 0 Å². The Labute approximate surface area is 103 Å². The fourth-order valence-corrected chi connectivity index (χ4v) is 2.20. The molecule has 0 heterocycles. The molecule has 0 aromatic heterocycles. The summed E-state index contributed by atoms with van der Waals surface area (Å²) in [6.07, 6.45) is 12.7. The van der Waals surface area contributed by atoms with Crippen molar-refractivity contribution in [2.45, 2.75) is 78.6 Å². The van der Waals surface area contributed by atoms with E-state index in [2.05, 4.69) is 26.1 Å². The smallest absolute Gasteiger partial charge is 0.00205 e. The van der Waals surface area contributed by atoms with E-state index in [0.29, 0.717) is 0 Å². The number of unbranched alkanes of at least 4 members (excludes halogenated alkanes) is 2. The second-order valence-electron chi connectivity index (χ2n) is 5.12. The summed E-state index contributed by atoms with van der Waals surface area (Å²) in [7, 11) is 0. The standard InChI is InChI=1S/C12H25N.C3H8/c1-2-3-7-10-13-11-12-8-5-4-6-9-12;1-3-2/h12-13H,2-11H2,1H3;3H2,1-2H3. The van der Waals surface area contributed by atoms with Crippen LogP contribution in [0.4, 0.5) is 0 Å². The lowest BCUT2D eigenvalue weighted by Gasteiger charge is -2.21. The van der Waals surface area contributed by atoms with Gasteiger partial charge in [0.25, 0.3) is 0 Å². The molecule has 0 unspecified atom stereocenters. The van der Waals surface area contributed by atoms with Gasteiger partial charge in [-0.1, -0.05) is 59.3 Å². The molecule has 0 spiro atoms. The molecule has 0 aliphatic heterocycles. The van der Waals surface area contributed by atoms with Crippen LogP contribution in [0.3, 0.4) is 0 Å². The lowest BCUT2D eigenvalue weighted by molar-refractivity contribution is 0.341. The number of rotatable bonds is 6. The van der Waals surface area contributed by atoms with Crippen LogP contribution >= 0.6 is 0 Å². The zero-order chi connectivity index (χ0) is 12.1. The van der Waals surface area contributed by atoms with Crippen molar-refractivity contribution < 1.29 is 0 Å². The second-order valence-corrected chi connectivity index (χ2v) is 5.12. The van der Waals surface area contributed by atoms with Gasteiger partial charge in [-0.15, -0.1) is 0 Å². The van der Waals surface area contributed by atoms with E-state index in [4.69, 9.17) is 0 Å². The van der Waals surface area contributed by atoms with Crippen molar-refractivity contribution in [2.75, 3.05) is 13.1 Å². The minimum absolute atomic E-state index is 0.996. The Morgan fingerprint density at radius 2 is 1.56 bits per heavy atom. The first-order chi connectivity index (χ1) is 7.85. The minimum Gasteiger partial charge on any atom is -0.316 e. The fraction of sp³-hybridized carbons (Fsp3) is 1.00. The third-order valence-electron chi connectivity index (χ3n) is 3.11. The molecule has 1 saturated carbocycles. The van der Waals surface area contributed by atoms with Gasteiger partial charge in [0.2, 0.25) is 0 Å². The van der Waals surface area contributed by atoms with Crippen LogP contribution in [-0.2, 0) is 0 Å². The highest BCUT2D eigenvalue weighted by atomic mass is 14.9. The van der Waals surface area contributed by atoms with Crippen molar-refractivity contribution in [3.8, 4) is 0 Å². The van der Waals surface area contributed by atoms with Gasteiger partial charge in [-0.3, -0.25) is 0 Å². The molecule has 1 nitrogen and oxygen atoms in total. The van der Waals surface area contributed by atoms with E-state index in [-0.39, 0.29) is 0 Å². The van der Waals surface area contributed by atoms with Gasteiger partial charge in [0.05, 0.1) is 0 Å². The molecule has 98 valence electrons. The second kappa shape index (κ2) is 13.0. The highest BCUT2D eigenvalue weighted by Gasteiger charge is 2.11. The maximum atomic E-state index is 3.59. The van der Waals surface area contributed by atoms with Crippen molar-refractivity contribution in [1.82, 2.24) is 5.32 Å². The summed E-state index contributed by atoms with van der Waals surface area (Å²) in [6, 6.07) is 0. The van der Waals surface area contributed by atoms with Gasteiger partial charge in [0, 0.05) is 0 Å². The third-order valence-corrected chi connectivity index (χ3v) is 3.11. The summed E-state index contributed by atoms with van der Waals surface area (Å²) >= 11 is 0. The van der Waals surface area contributed by atoms with Crippen molar-refractivity contribution >= 4 is 0 Å². The summed E-state index contributed by atoms with van der Waals surface area (Å²) in [6.45, 7) is 9.04. The highest BCUT2D eigenvalue weighted by molar-refractivity contribution is 4.67. The molecule has 0 atom stereocenters. The van der Waals surface area contributed by atoms with Crippen molar-refractivity contribution in [1.29, 1.82) is 0 Å². The zero-order valence-electron chi connectivity index (χ0n) is 11.9. The zero-order valence-corrected chi connectivity index (χ0v) is 11.9. The van der Waals surface area contributed by atoms with Crippen LogP contribution in [0, 0.1) is 5.92 Å². The molecule has 1 aliphatic carbocycles. The Morgan fingerprint density at radius 1 is 0.938 bits per heavy atom. The minimum atomic E-state index is 0.996. The largest absolute Gasteiger partial charge is 0.316 e. The summed E-state index contributed by atoms with van der Waals surface area (Å²) in [5.74, 6) is 0.996. The SMILES string of the molecule is CCC.CCCCCNCC1CCCCC1. The van der Waals surface area contributed by atoms with Gasteiger partial charge in [-0.05, 0) is 38.3 Å². The normalized spacial score (nSPS) is 16.7. The summed E-state index contributed by atoms with van der Waals surface area (Å²) < 4.78 is 0. The lowest BCUT2D eigenvalue weighted by Crippen LogP contribution is -2.25. The molecule has 0 saturated heterocycles. The van der Waals surface area contributed by atoms with E-state index in [1.54, 1.807) is 0 Å². The van der Waals surface area contributed by atoms with Gasteiger partial charge in [-0.25, -0.2) is 0 Å². The summed E-state index contributed by atoms with van der Waals surface area (Å²) in [5, 5.41) is 3.59. The average Bonchev–Trinajstić information content (AvgIpc) is 2.31. The Balaban J connectivity index is 0.000000673. The Bertz CT molecular complexity index is 117. The van der Waals surface area contributed by atoms with Crippen LogP contribution in [0.5, 0.6) is 0 Å². The van der Waals surface area contributed by atoms with Crippen molar-refractivity contribution in [3.05, 3.63) is 0 Å². The van der Waals surface area contributed by atoms with Crippen LogP contribution in [0.1, 0.15) is 78.6 Å². The quantitative estimate of drug-likeness (QED) is 0.645. The monoisotopic (exact) mass is 227 g/mol. The molecule has 1 heteroatoms. The molecule has 0 aromatic carbocycles. The van der Waals surface area contributed by atoms with E-state index in [0.717, 1.165) is 5.92 Å². The molecule has 1 fully saturated rings. The first-order valence-electron chi connectivity index (χ1n) is 7.55. The average molecular weight is 227 g/mol. The van der Waals surface area contributed by atoms with E-state index in [1.165, 1.54) is 70.9 Å². The van der Waals surface area contributed by atoms with Gasteiger partial charge in [0.1, 0.15) is 0 Å². The molecule has 0 bridgehead atoms. The van der Waals surface area contributed by atoms with Crippen LogP contribution in [0.25, 0.3) is 0 Å². The molecule has 0 amide bonds. The third kappa shape index (κ3) is 10.5. The Kier molecular flexibility index (Phi) is 13.0. The molecule has 1 rings (SSSR count). The van der Waals surface area contributed by atoms with Gasteiger partial charge in [-0.2, -0.15) is 0 Å². The van der Waals surface area contributed by atoms with Gasteiger partial charge < -0.3 is 5.32 Å². The number of nitrogens with one attached hydrogen (secondary N) is 1. The predicted octanol–water partition coefficient (Wildman–Crippen LogP) is 4.76. The number of hydrogen-bond acceptors (Lipinski definition) is 1. The van der Waals surface area contributed by atoms with Crippen LogP contribution in [-0.4, -0.2) is 13.1 Å². The van der Waals surface area contributed by atoms with E-state index >= 15 is 0 Å². The lowest BCUT2D eigenvalue weighted by atomic mass is 9.89. The van der Waals surface area contributed by atoms with Crippen LogP contribution in [0.15, 0.2) is 0 Å². The molecule has 0 aromatic rings.